The standard InChI is InChI=1S/C12H17ClN2O2/c1-15-10(13)7-14-11(15)8-17-12(16)9-5-3-2-4-6-9/h7,9H,2-6,8H2,1H3. The zero-order valence-corrected chi connectivity index (χ0v) is 10.7. The number of hydrogen-bond donors (Lipinski definition) is 0. The van der Waals surface area contributed by atoms with Crippen molar-refractivity contribution in [2.45, 2.75) is 38.7 Å². The molecule has 4 nitrogen and oxygen atoms in total. The van der Waals surface area contributed by atoms with E-state index in [0.29, 0.717) is 11.0 Å². The van der Waals surface area contributed by atoms with Crippen molar-refractivity contribution in [2.24, 2.45) is 13.0 Å². The highest BCUT2D eigenvalue weighted by atomic mass is 35.5. The molecule has 1 saturated carbocycles. The Morgan fingerprint density at radius 1 is 1.53 bits per heavy atom. The Bertz CT molecular complexity index is 397. The second kappa shape index (κ2) is 5.54. The summed E-state index contributed by atoms with van der Waals surface area (Å²) in [7, 11) is 1.80. The maximum absolute atomic E-state index is 11.8. The molecule has 0 aliphatic heterocycles. The van der Waals surface area contributed by atoms with Gasteiger partial charge >= 0.3 is 5.97 Å². The molecule has 5 heteroatoms. The Hall–Kier alpha value is -1.03. The Morgan fingerprint density at radius 3 is 2.82 bits per heavy atom. The fourth-order valence-electron chi connectivity index (χ4n) is 2.15. The minimum atomic E-state index is -0.0937. The quantitative estimate of drug-likeness (QED) is 0.781. The van der Waals surface area contributed by atoms with Crippen LogP contribution in [0.3, 0.4) is 0 Å². The summed E-state index contributed by atoms with van der Waals surface area (Å²) in [5.74, 6) is 0.669. The first-order chi connectivity index (χ1) is 8.18. The summed E-state index contributed by atoms with van der Waals surface area (Å²) < 4.78 is 7.00. The van der Waals surface area contributed by atoms with Crippen molar-refractivity contribution < 1.29 is 9.53 Å². The lowest BCUT2D eigenvalue weighted by molar-refractivity contribution is -0.151. The van der Waals surface area contributed by atoms with Gasteiger partial charge in [-0.3, -0.25) is 4.79 Å². The average Bonchev–Trinajstić information content (AvgIpc) is 2.68. The van der Waals surface area contributed by atoms with E-state index in [9.17, 15) is 4.79 Å². The number of nitrogens with zero attached hydrogens (tertiary/aromatic N) is 2. The highest BCUT2D eigenvalue weighted by Crippen LogP contribution is 2.25. The fraction of sp³-hybridized carbons (Fsp3) is 0.667. The smallest absolute Gasteiger partial charge is 0.309 e. The number of hydrogen-bond acceptors (Lipinski definition) is 3. The van der Waals surface area contributed by atoms with Crippen LogP contribution in [0.4, 0.5) is 0 Å². The number of carbonyl (C=O) groups excluding carboxylic acids is 1. The van der Waals surface area contributed by atoms with Crippen LogP contribution >= 0.6 is 11.6 Å². The van der Waals surface area contributed by atoms with Gasteiger partial charge in [0.05, 0.1) is 12.1 Å². The molecule has 1 aliphatic carbocycles. The molecule has 94 valence electrons. The third-order valence-electron chi connectivity index (χ3n) is 3.31. The van der Waals surface area contributed by atoms with E-state index in [-0.39, 0.29) is 18.5 Å². The van der Waals surface area contributed by atoms with Crippen molar-refractivity contribution in [3.63, 3.8) is 0 Å². The lowest BCUT2D eigenvalue weighted by Crippen LogP contribution is -2.20. The third-order valence-corrected chi connectivity index (χ3v) is 3.66. The highest BCUT2D eigenvalue weighted by Gasteiger charge is 2.22. The number of halogens is 1. The van der Waals surface area contributed by atoms with E-state index in [4.69, 9.17) is 16.3 Å². The Kier molecular flexibility index (Phi) is 4.05. The molecule has 0 bridgehead atoms. The fourth-order valence-corrected chi connectivity index (χ4v) is 2.30. The van der Waals surface area contributed by atoms with Crippen LogP contribution < -0.4 is 0 Å². The Balaban J connectivity index is 1.85. The zero-order valence-electron chi connectivity index (χ0n) is 9.99. The first kappa shape index (κ1) is 12.4. The monoisotopic (exact) mass is 256 g/mol. The van der Waals surface area contributed by atoms with Gasteiger partial charge in [-0.25, -0.2) is 4.98 Å². The van der Waals surface area contributed by atoms with Gasteiger partial charge < -0.3 is 9.30 Å². The summed E-state index contributed by atoms with van der Waals surface area (Å²) in [6.07, 6.45) is 6.98. The number of rotatable bonds is 3. The molecule has 1 aromatic rings. The summed E-state index contributed by atoms with van der Waals surface area (Å²) in [6.45, 7) is 0.207. The molecule has 0 atom stereocenters. The van der Waals surface area contributed by atoms with Gasteiger partial charge in [0.25, 0.3) is 0 Å². The van der Waals surface area contributed by atoms with E-state index in [1.54, 1.807) is 17.8 Å². The lowest BCUT2D eigenvalue weighted by Gasteiger charge is -2.19. The average molecular weight is 257 g/mol. The summed E-state index contributed by atoms with van der Waals surface area (Å²) >= 11 is 5.85. The van der Waals surface area contributed by atoms with Gasteiger partial charge in [0.15, 0.2) is 0 Å². The van der Waals surface area contributed by atoms with E-state index in [1.807, 2.05) is 0 Å². The van der Waals surface area contributed by atoms with E-state index in [2.05, 4.69) is 4.98 Å². The molecule has 0 spiro atoms. The number of aromatic nitrogens is 2. The van der Waals surface area contributed by atoms with Crippen LogP contribution in [0, 0.1) is 5.92 Å². The molecule has 1 heterocycles. The number of esters is 1. The van der Waals surface area contributed by atoms with Gasteiger partial charge in [-0.2, -0.15) is 0 Å². The zero-order chi connectivity index (χ0) is 12.3. The first-order valence-corrected chi connectivity index (χ1v) is 6.39. The second-order valence-electron chi connectivity index (χ2n) is 4.50. The molecule has 0 saturated heterocycles. The van der Waals surface area contributed by atoms with E-state index in [0.717, 1.165) is 25.7 Å². The summed E-state index contributed by atoms with van der Waals surface area (Å²) in [6, 6.07) is 0. The van der Waals surface area contributed by atoms with E-state index < -0.39 is 0 Å². The maximum atomic E-state index is 11.8. The van der Waals surface area contributed by atoms with Gasteiger partial charge in [-0.05, 0) is 12.8 Å². The van der Waals surface area contributed by atoms with Crippen molar-refractivity contribution in [3.05, 3.63) is 17.2 Å². The summed E-state index contributed by atoms with van der Waals surface area (Å²) in [5, 5.41) is 0.550. The predicted octanol–water partition coefficient (Wildman–Crippen LogP) is 2.70. The van der Waals surface area contributed by atoms with Gasteiger partial charge in [0.1, 0.15) is 17.6 Å². The minimum absolute atomic E-state index is 0.0829. The topological polar surface area (TPSA) is 44.1 Å². The first-order valence-electron chi connectivity index (χ1n) is 6.01. The van der Waals surface area contributed by atoms with Crippen LogP contribution in [0.1, 0.15) is 37.9 Å². The number of imidazole rings is 1. The maximum Gasteiger partial charge on any atom is 0.309 e. The normalized spacial score (nSPS) is 17.1. The van der Waals surface area contributed by atoms with Crippen molar-refractivity contribution in [1.29, 1.82) is 0 Å². The van der Waals surface area contributed by atoms with Gasteiger partial charge in [0, 0.05) is 7.05 Å². The highest BCUT2D eigenvalue weighted by molar-refractivity contribution is 6.29. The van der Waals surface area contributed by atoms with E-state index in [1.165, 1.54) is 6.42 Å². The number of carbonyl (C=O) groups is 1. The molecule has 17 heavy (non-hydrogen) atoms. The SMILES string of the molecule is Cn1c(Cl)cnc1COC(=O)C1CCCCC1. The predicted molar refractivity (Wildman–Crippen MR) is 64.6 cm³/mol. The molecule has 0 radical (unpaired) electrons. The Morgan fingerprint density at radius 2 is 2.24 bits per heavy atom. The van der Waals surface area contributed by atoms with Crippen LogP contribution in [-0.2, 0) is 23.2 Å². The van der Waals surface area contributed by atoms with E-state index >= 15 is 0 Å². The van der Waals surface area contributed by atoms with Crippen LogP contribution in [-0.4, -0.2) is 15.5 Å². The molecular weight excluding hydrogens is 240 g/mol. The minimum Gasteiger partial charge on any atom is -0.457 e. The third kappa shape index (κ3) is 3.00. The molecular formula is C12H17ClN2O2. The summed E-state index contributed by atoms with van der Waals surface area (Å²) in [4.78, 5) is 15.9. The molecule has 0 unspecified atom stereocenters. The molecule has 0 amide bonds. The van der Waals surface area contributed by atoms with Crippen LogP contribution in [0.25, 0.3) is 0 Å². The molecule has 1 fully saturated rings. The van der Waals surface area contributed by atoms with Crippen LogP contribution in [0.5, 0.6) is 0 Å². The van der Waals surface area contributed by atoms with Gasteiger partial charge in [-0.15, -0.1) is 0 Å². The second-order valence-corrected chi connectivity index (χ2v) is 4.89. The molecule has 0 aromatic carbocycles. The summed E-state index contributed by atoms with van der Waals surface area (Å²) in [5.41, 5.74) is 0. The largest absolute Gasteiger partial charge is 0.457 e. The molecule has 2 rings (SSSR count). The van der Waals surface area contributed by atoms with Crippen LogP contribution in [0.2, 0.25) is 5.15 Å². The number of ether oxygens (including phenoxy) is 1. The van der Waals surface area contributed by atoms with Gasteiger partial charge in [0.2, 0.25) is 0 Å². The Labute approximate surface area is 106 Å². The van der Waals surface area contributed by atoms with Crippen molar-refractivity contribution >= 4 is 17.6 Å². The van der Waals surface area contributed by atoms with Crippen molar-refractivity contribution in [1.82, 2.24) is 9.55 Å². The van der Waals surface area contributed by atoms with Crippen molar-refractivity contribution in [3.8, 4) is 0 Å². The van der Waals surface area contributed by atoms with Gasteiger partial charge in [-0.1, -0.05) is 30.9 Å². The molecule has 0 N–H and O–H groups in total. The lowest BCUT2D eigenvalue weighted by atomic mass is 9.89. The molecule has 1 aromatic heterocycles. The van der Waals surface area contributed by atoms with Crippen LogP contribution in [0.15, 0.2) is 6.20 Å². The molecule has 1 aliphatic rings. The van der Waals surface area contributed by atoms with Crippen molar-refractivity contribution in [2.75, 3.05) is 0 Å².